The lowest BCUT2D eigenvalue weighted by Crippen LogP contribution is -2.43. The lowest BCUT2D eigenvalue weighted by atomic mass is 10.0. The Labute approximate surface area is 251 Å². The minimum atomic E-state index is -3.57. The van der Waals surface area contributed by atoms with Crippen LogP contribution >= 0.6 is 11.6 Å². The number of amides is 2. The fourth-order valence-electron chi connectivity index (χ4n) is 4.50. The van der Waals surface area contributed by atoms with Crippen molar-refractivity contribution in [3.8, 4) is 0 Å². The summed E-state index contributed by atoms with van der Waals surface area (Å²) in [7, 11) is -3.57. The highest BCUT2D eigenvalue weighted by Gasteiger charge is 2.31. The number of hydrogen-bond acceptors (Lipinski definition) is 5. The number of nitrogens with one attached hydrogen (secondary N) is 2. The molecule has 4 rings (SSSR count). The van der Waals surface area contributed by atoms with Crippen LogP contribution in [0.2, 0.25) is 5.02 Å². The molecule has 8 nitrogen and oxygen atoms in total. The highest BCUT2D eigenvalue weighted by atomic mass is 35.5. The highest BCUT2D eigenvalue weighted by Crippen LogP contribution is 2.26. The van der Waals surface area contributed by atoms with Gasteiger partial charge in [0.05, 0.1) is 17.1 Å². The molecule has 42 heavy (non-hydrogen) atoms. The number of carbonyl (C=O) groups excluding carboxylic acids is 2. The molecule has 1 aromatic heterocycles. The van der Waals surface area contributed by atoms with Crippen LogP contribution in [0.1, 0.15) is 41.8 Å². The average Bonchev–Trinajstić information content (AvgIpc) is 3.01. The summed E-state index contributed by atoms with van der Waals surface area (Å²) in [6.07, 6.45) is 2.15. The predicted octanol–water partition coefficient (Wildman–Crippen LogP) is 5.05. The number of hydrogen-bond donors (Lipinski definition) is 2. The van der Waals surface area contributed by atoms with Gasteiger partial charge in [-0.2, -0.15) is 0 Å². The molecule has 1 atom stereocenters. The molecule has 0 aliphatic rings. The second-order valence-corrected chi connectivity index (χ2v) is 11.8. The van der Waals surface area contributed by atoms with Crippen molar-refractivity contribution >= 4 is 33.4 Å². The van der Waals surface area contributed by atoms with Crippen molar-refractivity contribution in [3.05, 3.63) is 131 Å². The summed E-state index contributed by atoms with van der Waals surface area (Å²) >= 11 is 6.10. The van der Waals surface area contributed by atoms with E-state index in [4.69, 9.17) is 11.6 Å². The zero-order valence-corrected chi connectivity index (χ0v) is 24.8. The minimum absolute atomic E-state index is 0.115. The van der Waals surface area contributed by atoms with Gasteiger partial charge in [0.15, 0.2) is 0 Å². The van der Waals surface area contributed by atoms with Gasteiger partial charge in [-0.25, -0.2) is 13.1 Å². The van der Waals surface area contributed by atoms with E-state index in [1.165, 1.54) is 12.1 Å². The molecule has 2 amide bonds. The average molecular weight is 605 g/mol. The number of carbonyl (C=O) groups is 2. The Kier molecular flexibility index (Phi) is 10.8. The molecule has 3 aromatic carbocycles. The second kappa shape index (κ2) is 14.7. The lowest BCUT2D eigenvalue weighted by molar-refractivity contribution is -0.141. The van der Waals surface area contributed by atoms with Gasteiger partial charge in [0.2, 0.25) is 21.8 Å². The first-order chi connectivity index (χ1) is 20.3. The molecule has 0 unspecified atom stereocenters. The van der Waals surface area contributed by atoms with E-state index >= 15 is 0 Å². The van der Waals surface area contributed by atoms with Crippen molar-refractivity contribution in [2.24, 2.45) is 0 Å². The third-order valence-electron chi connectivity index (χ3n) is 6.63. The van der Waals surface area contributed by atoms with E-state index in [1.54, 1.807) is 48.4 Å². The summed E-state index contributed by atoms with van der Waals surface area (Å²) in [5, 5.41) is 3.53. The van der Waals surface area contributed by atoms with Crippen LogP contribution in [0.5, 0.6) is 0 Å². The predicted molar refractivity (Wildman–Crippen MR) is 163 cm³/mol. The van der Waals surface area contributed by atoms with Crippen LogP contribution in [0.3, 0.4) is 0 Å². The SMILES string of the molecule is CCNS(=O)(=O)c1ccc(CCC(=O)N(Cc2ccc(Cl)cc2)[C@@H](C(=O)NCc2ccccn2)c2ccccc2)cc1. The first-order valence-electron chi connectivity index (χ1n) is 13.6. The molecule has 0 saturated heterocycles. The van der Waals surface area contributed by atoms with E-state index in [1.807, 2.05) is 54.6 Å². The Morgan fingerprint density at radius 2 is 1.55 bits per heavy atom. The van der Waals surface area contributed by atoms with Crippen molar-refractivity contribution in [1.82, 2.24) is 19.9 Å². The van der Waals surface area contributed by atoms with Gasteiger partial charge in [0, 0.05) is 30.7 Å². The maximum atomic E-state index is 13.9. The van der Waals surface area contributed by atoms with E-state index in [2.05, 4.69) is 15.0 Å². The van der Waals surface area contributed by atoms with Crippen LogP contribution in [-0.2, 0) is 39.1 Å². The molecule has 0 aliphatic heterocycles. The number of nitrogens with zero attached hydrogens (tertiary/aromatic N) is 2. The zero-order valence-electron chi connectivity index (χ0n) is 23.2. The largest absolute Gasteiger partial charge is 0.348 e. The van der Waals surface area contributed by atoms with Crippen molar-refractivity contribution in [1.29, 1.82) is 0 Å². The normalized spacial score (nSPS) is 12.0. The molecular weight excluding hydrogens is 572 g/mol. The third-order valence-corrected chi connectivity index (χ3v) is 8.44. The van der Waals surface area contributed by atoms with E-state index in [-0.39, 0.29) is 36.2 Å². The Balaban J connectivity index is 1.59. The van der Waals surface area contributed by atoms with Crippen LogP contribution in [0.4, 0.5) is 0 Å². The molecule has 218 valence electrons. The molecule has 0 spiro atoms. The van der Waals surface area contributed by atoms with Gasteiger partial charge in [-0.3, -0.25) is 14.6 Å². The summed E-state index contributed by atoms with van der Waals surface area (Å²) in [4.78, 5) is 33.7. The Bertz CT molecular complexity index is 1570. The van der Waals surface area contributed by atoms with Crippen molar-refractivity contribution in [3.63, 3.8) is 0 Å². The molecule has 10 heteroatoms. The van der Waals surface area contributed by atoms with Crippen LogP contribution in [-0.4, -0.2) is 36.7 Å². The Morgan fingerprint density at radius 1 is 0.881 bits per heavy atom. The number of aryl methyl sites for hydroxylation is 1. The summed E-state index contributed by atoms with van der Waals surface area (Å²) in [5.74, 6) is -0.553. The molecule has 0 saturated carbocycles. The second-order valence-electron chi connectivity index (χ2n) is 9.65. The van der Waals surface area contributed by atoms with Gasteiger partial charge in [-0.15, -0.1) is 0 Å². The fourth-order valence-corrected chi connectivity index (χ4v) is 5.67. The zero-order chi connectivity index (χ0) is 30.0. The van der Waals surface area contributed by atoms with Gasteiger partial charge in [-0.05, 0) is 59.5 Å². The number of aromatic nitrogens is 1. The Morgan fingerprint density at radius 3 is 2.19 bits per heavy atom. The topological polar surface area (TPSA) is 108 Å². The first kappa shape index (κ1) is 30.9. The molecule has 4 aromatic rings. The van der Waals surface area contributed by atoms with E-state index in [0.717, 1.165) is 11.1 Å². The lowest BCUT2D eigenvalue weighted by Gasteiger charge is -2.32. The quantitative estimate of drug-likeness (QED) is 0.222. The Hall–Kier alpha value is -4.05. The maximum Gasteiger partial charge on any atom is 0.247 e. The monoisotopic (exact) mass is 604 g/mol. The van der Waals surface area contributed by atoms with Gasteiger partial charge >= 0.3 is 0 Å². The van der Waals surface area contributed by atoms with Crippen molar-refractivity contribution in [2.45, 2.75) is 43.8 Å². The number of halogens is 1. The molecule has 0 radical (unpaired) electrons. The van der Waals surface area contributed by atoms with Gasteiger partial charge in [0.25, 0.3) is 0 Å². The summed E-state index contributed by atoms with van der Waals surface area (Å²) in [6.45, 7) is 2.41. The van der Waals surface area contributed by atoms with E-state index in [9.17, 15) is 18.0 Å². The minimum Gasteiger partial charge on any atom is -0.348 e. The number of benzene rings is 3. The van der Waals surface area contributed by atoms with Crippen molar-refractivity contribution in [2.75, 3.05) is 6.54 Å². The summed E-state index contributed by atoms with van der Waals surface area (Å²) in [5.41, 5.74) is 3.01. The van der Waals surface area contributed by atoms with Gasteiger partial charge in [-0.1, -0.05) is 79.2 Å². The molecule has 0 aliphatic carbocycles. The van der Waals surface area contributed by atoms with Gasteiger partial charge < -0.3 is 10.2 Å². The molecule has 0 bridgehead atoms. The highest BCUT2D eigenvalue weighted by molar-refractivity contribution is 7.89. The smallest absolute Gasteiger partial charge is 0.247 e. The van der Waals surface area contributed by atoms with E-state index in [0.29, 0.717) is 29.2 Å². The fraction of sp³-hybridized carbons (Fsp3) is 0.219. The number of pyridine rings is 1. The van der Waals surface area contributed by atoms with Crippen LogP contribution < -0.4 is 10.0 Å². The molecule has 1 heterocycles. The number of rotatable bonds is 13. The molecule has 0 fully saturated rings. The number of sulfonamides is 1. The maximum absolute atomic E-state index is 13.9. The van der Waals surface area contributed by atoms with Gasteiger partial charge in [0.1, 0.15) is 6.04 Å². The standard InChI is InChI=1S/C32H33ClN4O4S/c1-2-36-42(40,41)29-18-13-24(14-19-29)15-20-30(38)37(23-25-11-16-27(33)17-12-25)31(26-8-4-3-5-9-26)32(39)35-22-28-10-6-7-21-34-28/h3-14,16-19,21,31,36H,2,15,20,22-23H2,1H3,(H,35,39)/t31-/m1/s1. The summed E-state index contributed by atoms with van der Waals surface area (Å²) in [6, 6.07) is 27.4. The first-order valence-corrected chi connectivity index (χ1v) is 15.5. The molecule has 2 N–H and O–H groups in total. The van der Waals surface area contributed by atoms with Crippen LogP contribution in [0.15, 0.2) is 108 Å². The molecular formula is C32H33ClN4O4S. The van der Waals surface area contributed by atoms with Crippen LogP contribution in [0.25, 0.3) is 0 Å². The third kappa shape index (κ3) is 8.48. The van der Waals surface area contributed by atoms with Crippen molar-refractivity contribution < 1.29 is 18.0 Å². The van der Waals surface area contributed by atoms with E-state index < -0.39 is 16.1 Å². The van der Waals surface area contributed by atoms with Crippen LogP contribution in [0, 0.1) is 0 Å². The summed E-state index contributed by atoms with van der Waals surface area (Å²) < 4.78 is 27.0.